The molecule has 7 nitrogen and oxygen atoms in total. The lowest BCUT2D eigenvalue weighted by atomic mass is 10.2. The Labute approximate surface area is 202 Å². The summed E-state index contributed by atoms with van der Waals surface area (Å²) in [4.78, 5) is 13.3. The molecule has 2 aromatic rings. The SMILES string of the molecule is CCOCCc1c(Br)n(COCC[Si](C)(C)C)c2cnn(COCC[Si](C)(C)C)c(=O)c12. The third kappa shape index (κ3) is 8.21. The molecule has 0 saturated heterocycles. The molecule has 0 aliphatic rings. The van der Waals surface area contributed by atoms with Gasteiger partial charge in [-0.1, -0.05) is 39.3 Å². The fourth-order valence-electron chi connectivity index (χ4n) is 3.17. The van der Waals surface area contributed by atoms with E-state index < -0.39 is 16.1 Å². The van der Waals surface area contributed by atoms with E-state index in [0.717, 1.165) is 27.8 Å². The van der Waals surface area contributed by atoms with Gasteiger partial charge < -0.3 is 18.8 Å². The summed E-state index contributed by atoms with van der Waals surface area (Å²) in [5, 5.41) is 5.05. The van der Waals surface area contributed by atoms with Crippen LogP contribution in [0.4, 0.5) is 0 Å². The third-order valence-electron chi connectivity index (χ3n) is 5.23. The summed E-state index contributed by atoms with van der Waals surface area (Å²) in [5.74, 6) is 0. The van der Waals surface area contributed by atoms with Gasteiger partial charge >= 0.3 is 0 Å². The molecular formula is C22H40BrN3O4Si2. The van der Waals surface area contributed by atoms with Crippen LogP contribution in [0.3, 0.4) is 0 Å². The van der Waals surface area contributed by atoms with Crippen LogP contribution < -0.4 is 5.56 Å². The molecule has 0 aliphatic carbocycles. The molecule has 0 aromatic carbocycles. The van der Waals surface area contributed by atoms with Gasteiger partial charge in [-0.05, 0) is 41.4 Å². The van der Waals surface area contributed by atoms with Crippen LogP contribution in [0.2, 0.25) is 51.4 Å². The Bertz CT molecular complexity index is 932. The van der Waals surface area contributed by atoms with Gasteiger partial charge in [0.1, 0.15) is 13.5 Å². The first-order chi connectivity index (χ1) is 14.9. The minimum Gasteiger partial charge on any atom is -0.381 e. The summed E-state index contributed by atoms with van der Waals surface area (Å²) >= 11 is 3.72. The number of fused-ring (bicyclic) bond motifs is 1. The molecule has 0 spiro atoms. The molecule has 10 heteroatoms. The van der Waals surface area contributed by atoms with Gasteiger partial charge in [-0.25, -0.2) is 4.68 Å². The first kappa shape index (κ1) is 27.5. The topological polar surface area (TPSA) is 67.5 Å². The van der Waals surface area contributed by atoms with Crippen molar-refractivity contribution in [1.29, 1.82) is 0 Å². The first-order valence-corrected chi connectivity index (χ1v) is 19.7. The second kappa shape index (κ2) is 12.1. The molecule has 182 valence electrons. The highest BCUT2D eigenvalue weighted by Crippen LogP contribution is 2.29. The predicted molar refractivity (Wildman–Crippen MR) is 140 cm³/mol. The van der Waals surface area contributed by atoms with Crippen molar-refractivity contribution in [2.75, 3.05) is 26.4 Å². The van der Waals surface area contributed by atoms with Gasteiger partial charge in [0.05, 0.1) is 28.3 Å². The van der Waals surface area contributed by atoms with E-state index in [1.807, 2.05) is 11.5 Å². The minimum atomic E-state index is -1.18. The molecule has 0 radical (unpaired) electrons. The molecule has 0 N–H and O–H groups in total. The number of ether oxygens (including phenoxy) is 3. The maximum atomic E-state index is 13.3. The van der Waals surface area contributed by atoms with Gasteiger partial charge in [0.15, 0.2) is 0 Å². The van der Waals surface area contributed by atoms with E-state index in [1.165, 1.54) is 4.68 Å². The number of hydrogen-bond acceptors (Lipinski definition) is 5. The molecular weight excluding hydrogens is 506 g/mol. The van der Waals surface area contributed by atoms with Crippen LogP contribution in [-0.2, 0) is 34.1 Å². The Morgan fingerprint density at radius 1 is 0.938 bits per heavy atom. The monoisotopic (exact) mass is 545 g/mol. The molecule has 0 fully saturated rings. The molecule has 0 saturated carbocycles. The Hall–Kier alpha value is -0.786. The number of rotatable bonds is 14. The zero-order valence-corrected chi connectivity index (χ0v) is 24.4. The van der Waals surface area contributed by atoms with Crippen LogP contribution in [0.15, 0.2) is 15.6 Å². The van der Waals surface area contributed by atoms with Gasteiger partial charge in [-0.2, -0.15) is 5.10 Å². The number of hydrogen-bond donors (Lipinski definition) is 0. The Morgan fingerprint density at radius 2 is 1.53 bits per heavy atom. The summed E-state index contributed by atoms with van der Waals surface area (Å²) in [7, 11) is -2.34. The maximum absolute atomic E-state index is 13.3. The summed E-state index contributed by atoms with van der Waals surface area (Å²) in [6.07, 6.45) is 2.39. The van der Waals surface area contributed by atoms with Gasteiger partial charge in [0.2, 0.25) is 0 Å². The van der Waals surface area contributed by atoms with Crippen molar-refractivity contribution >= 4 is 43.0 Å². The van der Waals surface area contributed by atoms with Gasteiger partial charge in [0.25, 0.3) is 5.56 Å². The largest absolute Gasteiger partial charge is 0.381 e. The van der Waals surface area contributed by atoms with Crippen molar-refractivity contribution < 1.29 is 14.2 Å². The van der Waals surface area contributed by atoms with Crippen molar-refractivity contribution in [3.63, 3.8) is 0 Å². The summed E-state index contributed by atoms with van der Waals surface area (Å²) in [5.41, 5.74) is 1.58. The van der Waals surface area contributed by atoms with Crippen LogP contribution in [0, 0.1) is 0 Å². The molecule has 2 rings (SSSR count). The second-order valence-corrected chi connectivity index (χ2v) is 22.5. The molecule has 0 amide bonds. The van der Waals surface area contributed by atoms with Crippen LogP contribution in [0.5, 0.6) is 0 Å². The zero-order valence-electron chi connectivity index (χ0n) is 20.8. The van der Waals surface area contributed by atoms with Crippen LogP contribution in [0.1, 0.15) is 12.5 Å². The lowest BCUT2D eigenvalue weighted by Gasteiger charge is -2.16. The summed E-state index contributed by atoms with van der Waals surface area (Å²) in [6.45, 7) is 19.0. The lowest BCUT2D eigenvalue weighted by molar-refractivity contribution is 0.0752. The average Bonchev–Trinajstić information content (AvgIpc) is 2.95. The van der Waals surface area contributed by atoms with Gasteiger partial charge in [0, 0.05) is 41.5 Å². The Balaban J connectivity index is 2.27. The minimum absolute atomic E-state index is 0.136. The van der Waals surface area contributed by atoms with Crippen LogP contribution in [-0.4, -0.2) is 56.9 Å². The molecule has 0 aliphatic heterocycles. The molecule has 0 bridgehead atoms. The molecule has 2 heterocycles. The van der Waals surface area contributed by atoms with E-state index in [-0.39, 0.29) is 12.3 Å². The van der Waals surface area contributed by atoms with Gasteiger partial charge in [-0.3, -0.25) is 4.79 Å². The van der Waals surface area contributed by atoms with Crippen molar-refractivity contribution in [2.45, 2.75) is 78.2 Å². The van der Waals surface area contributed by atoms with E-state index in [4.69, 9.17) is 14.2 Å². The lowest BCUT2D eigenvalue weighted by Crippen LogP contribution is -2.26. The molecule has 2 aromatic heterocycles. The van der Waals surface area contributed by atoms with Crippen molar-refractivity contribution in [3.05, 3.63) is 26.7 Å². The molecule has 0 unspecified atom stereocenters. The quantitative estimate of drug-likeness (QED) is 0.242. The van der Waals surface area contributed by atoms with E-state index >= 15 is 0 Å². The molecule has 0 atom stereocenters. The summed E-state index contributed by atoms with van der Waals surface area (Å²) in [6, 6.07) is 2.15. The smallest absolute Gasteiger partial charge is 0.278 e. The molecule has 32 heavy (non-hydrogen) atoms. The normalized spacial score (nSPS) is 12.8. The highest BCUT2D eigenvalue weighted by atomic mass is 79.9. The van der Waals surface area contributed by atoms with Crippen LogP contribution >= 0.6 is 15.9 Å². The van der Waals surface area contributed by atoms with Gasteiger partial charge in [-0.15, -0.1) is 0 Å². The Morgan fingerprint density at radius 3 is 2.09 bits per heavy atom. The van der Waals surface area contributed by atoms with Crippen molar-refractivity contribution in [1.82, 2.24) is 14.3 Å². The zero-order chi connectivity index (χ0) is 23.9. The maximum Gasteiger partial charge on any atom is 0.278 e. The Kier molecular flexibility index (Phi) is 10.4. The van der Waals surface area contributed by atoms with Crippen molar-refractivity contribution in [3.8, 4) is 0 Å². The van der Waals surface area contributed by atoms with E-state index in [1.54, 1.807) is 6.20 Å². The number of nitrogens with zero attached hydrogens (tertiary/aromatic N) is 3. The highest BCUT2D eigenvalue weighted by molar-refractivity contribution is 9.10. The van der Waals surface area contributed by atoms with E-state index in [9.17, 15) is 4.79 Å². The van der Waals surface area contributed by atoms with E-state index in [0.29, 0.717) is 45.0 Å². The number of aromatic nitrogens is 3. The summed E-state index contributed by atoms with van der Waals surface area (Å²) < 4.78 is 21.6. The first-order valence-electron chi connectivity index (χ1n) is 11.4. The average molecular weight is 547 g/mol. The highest BCUT2D eigenvalue weighted by Gasteiger charge is 2.21. The standard InChI is InChI=1S/C22H40BrN3O4Si2/c1-8-28-10-9-18-20-19(25(21(18)23)16-29-11-13-31(2,3)4)15-24-26(22(20)27)17-30-12-14-32(5,6)7/h15H,8-14,16-17H2,1-7H3. The fourth-order valence-corrected chi connectivity index (χ4v) is 5.37. The fraction of sp³-hybridized carbons (Fsp3) is 0.727. The van der Waals surface area contributed by atoms with Crippen molar-refractivity contribution in [2.24, 2.45) is 0 Å². The second-order valence-electron chi connectivity index (χ2n) is 10.5. The van der Waals surface area contributed by atoms with Crippen LogP contribution in [0.25, 0.3) is 10.9 Å². The number of halogens is 1. The third-order valence-corrected chi connectivity index (χ3v) is 9.54. The van der Waals surface area contributed by atoms with E-state index in [2.05, 4.69) is 60.3 Å². The predicted octanol–water partition coefficient (Wildman–Crippen LogP) is 5.16.